The van der Waals surface area contributed by atoms with Crippen molar-refractivity contribution in [1.82, 2.24) is 19.8 Å². The summed E-state index contributed by atoms with van der Waals surface area (Å²) in [6, 6.07) is 7.67. The molecule has 0 aliphatic rings. The molecule has 1 aromatic carbocycles. The monoisotopic (exact) mass is 290 g/mol. The van der Waals surface area contributed by atoms with E-state index in [1.54, 1.807) is 17.8 Å². The number of carbonyl (C=O) groups excluding carboxylic acids is 1. The Balaban J connectivity index is 1.93. The van der Waals surface area contributed by atoms with E-state index < -0.39 is 5.60 Å². The Morgan fingerprint density at radius 3 is 2.86 bits per heavy atom. The fourth-order valence-electron chi connectivity index (χ4n) is 2.37. The van der Waals surface area contributed by atoms with E-state index in [0.29, 0.717) is 6.54 Å². The normalized spacial score (nSPS) is 14.3. The number of hydrogen-bond acceptors (Lipinski definition) is 4. The molecule has 0 saturated heterocycles. The molecule has 2 aromatic rings. The average Bonchev–Trinajstić information content (AvgIpc) is 2.79. The summed E-state index contributed by atoms with van der Waals surface area (Å²) in [7, 11) is 3.77. The van der Waals surface area contributed by atoms with Crippen LogP contribution >= 0.6 is 0 Å². The van der Waals surface area contributed by atoms with Gasteiger partial charge in [-0.15, -0.1) is 0 Å². The highest BCUT2D eigenvalue weighted by molar-refractivity contribution is 5.80. The molecule has 2 N–H and O–H groups in total. The van der Waals surface area contributed by atoms with E-state index in [4.69, 9.17) is 0 Å². The lowest BCUT2D eigenvalue weighted by atomic mass is 10.1. The van der Waals surface area contributed by atoms with Crippen LogP contribution in [0.4, 0.5) is 0 Å². The van der Waals surface area contributed by atoms with Crippen molar-refractivity contribution in [3.05, 3.63) is 30.6 Å². The second-order valence-corrected chi connectivity index (χ2v) is 5.87. The predicted molar refractivity (Wildman–Crippen MR) is 81.9 cm³/mol. The number of likely N-dealkylation sites (N-methyl/N-ethyl adjacent to an activating group) is 1. The van der Waals surface area contributed by atoms with E-state index >= 15 is 0 Å². The summed E-state index contributed by atoms with van der Waals surface area (Å²) in [4.78, 5) is 18.1. The van der Waals surface area contributed by atoms with Crippen LogP contribution < -0.4 is 5.32 Å². The van der Waals surface area contributed by atoms with E-state index in [1.165, 1.54) is 0 Å². The Kier molecular flexibility index (Phi) is 4.59. The number of aliphatic hydroxyl groups is 1. The third kappa shape index (κ3) is 4.27. The van der Waals surface area contributed by atoms with Crippen LogP contribution in [0.2, 0.25) is 0 Å². The third-order valence-corrected chi connectivity index (χ3v) is 3.16. The summed E-state index contributed by atoms with van der Waals surface area (Å²) >= 11 is 0. The van der Waals surface area contributed by atoms with Crippen LogP contribution in [-0.4, -0.2) is 58.3 Å². The van der Waals surface area contributed by atoms with Crippen molar-refractivity contribution in [2.75, 3.05) is 27.2 Å². The van der Waals surface area contributed by atoms with E-state index in [9.17, 15) is 9.90 Å². The molecule has 6 heteroatoms. The maximum absolute atomic E-state index is 12.0. The van der Waals surface area contributed by atoms with Gasteiger partial charge in [-0.25, -0.2) is 4.98 Å². The molecule has 1 aromatic heterocycles. The highest BCUT2D eigenvalue weighted by Crippen LogP contribution is 2.11. The minimum Gasteiger partial charge on any atom is -0.387 e. The van der Waals surface area contributed by atoms with Crippen molar-refractivity contribution < 1.29 is 9.90 Å². The van der Waals surface area contributed by atoms with E-state index in [1.807, 2.05) is 43.3 Å². The fourth-order valence-corrected chi connectivity index (χ4v) is 2.37. The summed E-state index contributed by atoms with van der Waals surface area (Å²) in [5, 5.41) is 12.9. The van der Waals surface area contributed by atoms with Crippen molar-refractivity contribution >= 4 is 16.9 Å². The Bertz CT molecular complexity index is 619. The van der Waals surface area contributed by atoms with Gasteiger partial charge in [-0.2, -0.15) is 0 Å². The van der Waals surface area contributed by atoms with Crippen LogP contribution in [0.1, 0.15) is 6.92 Å². The number of aromatic nitrogens is 2. The molecule has 1 heterocycles. The van der Waals surface area contributed by atoms with Gasteiger partial charge in [-0.3, -0.25) is 4.79 Å². The van der Waals surface area contributed by atoms with E-state index in [2.05, 4.69) is 10.3 Å². The van der Waals surface area contributed by atoms with Gasteiger partial charge in [0.2, 0.25) is 5.91 Å². The highest BCUT2D eigenvalue weighted by Gasteiger charge is 2.22. The van der Waals surface area contributed by atoms with Crippen LogP contribution in [0, 0.1) is 0 Å². The van der Waals surface area contributed by atoms with Crippen molar-refractivity contribution in [2.45, 2.75) is 19.1 Å². The van der Waals surface area contributed by atoms with Crippen LogP contribution in [-0.2, 0) is 11.3 Å². The van der Waals surface area contributed by atoms with Gasteiger partial charge in [0, 0.05) is 13.1 Å². The molecule has 0 spiro atoms. The Morgan fingerprint density at radius 1 is 1.43 bits per heavy atom. The standard InChI is InChI=1S/C15H22N4O2/c1-15(21,10-18(2)3)9-16-14(20)8-19-11-17-12-6-4-5-7-13(12)19/h4-7,11,21H,8-10H2,1-3H3,(H,16,20). The third-order valence-electron chi connectivity index (χ3n) is 3.16. The van der Waals surface area contributed by atoms with Gasteiger partial charge in [0.25, 0.3) is 0 Å². The number of carbonyl (C=O) groups is 1. The minimum absolute atomic E-state index is 0.141. The first-order chi connectivity index (χ1) is 9.87. The van der Waals surface area contributed by atoms with Crippen LogP contribution in [0.15, 0.2) is 30.6 Å². The van der Waals surface area contributed by atoms with Crippen molar-refractivity contribution in [3.63, 3.8) is 0 Å². The van der Waals surface area contributed by atoms with Gasteiger partial charge >= 0.3 is 0 Å². The van der Waals surface area contributed by atoms with Crippen LogP contribution in [0.3, 0.4) is 0 Å². The first kappa shape index (κ1) is 15.5. The molecule has 0 fully saturated rings. The lowest BCUT2D eigenvalue weighted by Crippen LogP contribution is -2.47. The molecule has 0 aliphatic heterocycles. The zero-order chi connectivity index (χ0) is 15.5. The number of rotatable bonds is 6. The van der Waals surface area contributed by atoms with Gasteiger partial charge in [0.05, 0.1) is 23.0 Å². The zero-order valence-electron chi connectivity index (χ0n) is 12.7. The van der Waals surface area contributed by atoms with Crippen molar-refractivity contribution in [1.29, 1.82) is 0 Å². The molecule has 1 unspecified atom stereocenters. The molecule has 0 saturated carbocycles. The molecule has 114 valence electrons. The second-order valence-electron chi connectivity index (χ2n) is 5.87. The van der Waals surface area contributed by atoms with E-state index in [-0.39, 0.29) is 19.0 Å². The number of amides is 1. The summed E-state index contributed by atoms with van der Waals surface area (Å²) in [6.45, 7) is 2.61. The summed E-state index contributed by atoms with van der Waals surface area (Å²) in [6.07, 6.45) is 1.65. The second kappa shape index (κ2) is 6.24. The maximum atomic E-state index is 12.0. The minimum atomic E-state index is -0.948. The molecular weight excluding hydrogens is 268 g/mol. The van der Waals surface area contributed by atoms with Gasteiger partial charge in [0.1, 0.15) is 6.54 Å². The Morgan fingerprint density at radius 2 is 2.14 bits per heavy atom. The number of benzene rings is 1. The molecule has 0 radical (unpaired) electrons. The molecular formula is C15H22N4O2. The summed E-state index contributed by atoms with van der Waals surface area (Å²) < 4.78 is 1.80. The van der Waals surface area contributed by atoms with Gasteiger partial charge in [-0.1, -0.05) is 12.1 Å². The SMILES string of the molecule is CN(C)CC(C)(O)CNC(=O)Cn1cnc2ccccc21. The molecule has 1 amide bonds. The Labute approximate surface area is 124 Å². The molecule has 6 nitrogen and oxygen atoms in total. The summed E-state index contributed by atoms with van der Waals surface area (Å²) in [5.74, 6) is -0.141. The van der Waals surface area contributed by atoms with Gasteiger partial charge < -0.3 is 19.9 Å². The number of hydrogen-bond donors (Lipinski definition) is 2. The smallest absolute Gasteiger partial charge is 0.240 e. The summed E-state index contributed by atoms with van der Waals surface area (Å²) in [5.41, 5.74) is 0.841. The van der Waals surface area contributed by atoms with Gasteiger partial charge in [-0.05, 0) is 33.2 Å². The van der Waals surface area contributed by atoms with Crippen molar-refractivity contribution in [2.24, 2.45) is 0 Å². The molecule has 1 atom stereocenters. The molecule has 0 bridgehead atoms. The molecule has 21 heavy (non-hydrogen) atoms. The average molecular weight is 290 g/mol. The quantitative estimate of drug-likeness (QED) is 0.811. The lowest BCUT2D eigenvalue weighted by molar-refractivity contribution is -0.122. The maximum Gasteiger partial charge on any atom is 0.240 e. The van der Waals surface area contributed by atoms with E-state index in [0.717, 1.165) is 11.0 Å². The highest BCUT2D eigenvalue weighted by atomic mass is 16.3. The van der Waals surface area contributed by atoms with Crippen LogP contribution in [0.25, 0.3) is 11.0 Å². The Hall–Kier alpha value is -1.92. The topological polar surface area (TPSA) is 70.4 Å². The number of para-hydroxylation sites is 2. The number of fused-ring (bicyclic) bond motifs is 1. The first-order valence-corrected chi connectivity index (χ1v) is 6.91. The zero-order valence-corrected chi connectivity index (χ0v) is 12.7. The van der Waals surface area contributed by atoms with Crippen LogP contribution in [0.5, 0.6) is 0 Å². The number of nitrogens with one attached hydrogen (secondary N) is 1. The van der Waals surface area contributed by atoms with Crippen molar-refractivity contribution in [3.8, 4) is 0 Å². The number of imidazole rings is 1. The van der Waals surface area contributed by atoms with Gasteiger partial charge in [0.15, 0.2) is 0 Å². The predicted octanol–water partition coefficient (Wildman–Crippen LogP) is 0.465. The fraction of sp³-hybridized carbons (Fsp3) is 0.467. The first-order valence-electron chi connectivity index (χ1n) is 6.91. The lowest BCUT2D eigenvalue weighted by Gasteiger charge is -2.27. The molecule has 2 rings (SSSR count). The molecule has 0 aliphatic carbocycles. The largest absolute Gasteiger partial charge is 0.387 e. The number of nitrogens with zero attached hydrogens (tertiary/aromatic N) is 3.